The predicted molar refractivity (Wildman–Crippen MR) is 66.7 cm³/mol. The fraction of sp³-hybridized carbons (Fsp3) is 0.545. The van der Waals surface area contributed by atoms with Gasteiger partial charge in [0, 0.05) is 17.3 Å². The number of rotatable bonds is 5. The first kappa shape index (κ1) is 13.5. The Kier molecular flexibility index (Phi) is 5.25. The zero-order valence-electron chi connectivity index (χ0n) is 9.40. The lowest BCUT2D eigenvalue weighted by Crippen LogP contribution is -2.16. The number of hydrogen-bond donors (Lipinski definition) is 1. The van der Waals surface area contributed by atoms with E-state index in [0.717, 1.165) is 11.3 Å². The zero-order chi connectivity index (χ0) is 12.1. The lowest BCUT2D eigenvalue weighted by atomic mass is 9.98. The summed E-state index contributed by atoms with van der Waals surface area (Å²) in [4.78, 5) is 12.1. The van der Waals surface area contributed by atoms with Gasteiger partial charge in [-0.3, -0.25) is 4.79 Å². The highest BCUT2D eigenvalue weighted by Gasteiger charge is 2.17. The van der Waals surface area contributed by atoms with Crippen LogP contribution in [0.5, 0.6) is 0 Å². The van der Waals surface area contributed by atoms with Crippen LogP contribution in [0, 0.1) is 5.92 Å². The fourth-order valence-corrected chi connectivity index (χ4v) is 2.78. The monoisotopic (exact) mass is 261 g/mol. The summed E-state index contributed by atoms with van der Waals surface area (Å²) in [6, 6.07) is 1.74. The van der Waals surface area contributed by atoms with Crippen molar-refractivity contribution in [1.29, 1.82) is 0 Å². The van der Waals surface area contributed by atoms with E-state index in [0.29, 0.717) is 11.4 Å². The summed E-state index contributed by atoms with van der Waals surface area (Å²) >= 11 is 7.54. The lowest BCUT2D eigenvalue weighted by molar-refractivity contribution is -0.141. The number of methoxy groups -OCH3 is 1. The first-order valence-electron chi connectivity index (χ1n) is 5.09. The number of carbonyl (C=O) groups excluding carboxylic acids is 1. The Bertz CT molecular complexity index is 354. The van der Waals surface area contributed by atoms with E-state index < -0.39 is 0 Å². The van der Waals surface area contributed by atoms with Gasteiger partial charge in [0.2, 0.25) is 0 Å². The van der Waals surface area contributed by atoms with Gasteiger partial charge in [0.05, 0.1) is 12.1 Å². The summed E-state index contributed by atoms with van der Waals surface area (Å²) in [6.45, 7) is 1.98. The molecule has 3 nitrogen and oxygen atoms in total. The third-order valence-corrected chi connectivity index (χ3v) is 3.87. The van der Waals surface area contributed by atoms with Crippen molar-refractivity contribution < 1.29 is 9.53 Å². The van der Waals surface area contributed by atoms with Crippen LogP contribution >= 0.6 is 22.9 Å². The molecular formula is C11H16ClNO2S. The van der Waals surface area contributed by atoms with Crippen molar-refractivity contribution in [3.63, 3.8) is 0 Å². The molecule has 0 fully saturated rings. The van der Waals surface area contributed by atoms with Crippen molar-refractivity contribution in [3.8, 4) is 0 Å². The highest BCUT2D eigenvalue weighted by molar-refractivity contribution is 7.10. The SMILES string of the molecule is COC(=O)CC(C)CC(N)c1sccc1Cl. The molecule has 2 unspecified atom stereocenters. The molecule has 0 aliphatic carbocycles. The maximum atomic E-state index is 11.1. The Morgan fingerprint density at radius 1 is 1.69 bits per heavy atom. The van der Waals surface area contributed by atoms with Gasteiger partial charge in [-0.15, -0.1) is 11.3 Å². The minimum absolute atomic E-state index is 0.104. The van der Waals surface area contributed by atoms with Gasteiger partial charge < -0.3 is 10.5 Å². The maximum Gasteiger partial charge on any atom is 0.305 e. The van der Waals surface area contributed by atoms with Crippen molar-refractivity contribution in [3.05, 3.63) is 21.3 Å². The molecule has 0 saturated carbocycles. The van der Waals surface area contributed by atoms with Crippen molar-refractivity contribution >= 4 is 28.9 Å². The molecule has 0 spiro atoms. The standard InChI is InChI=1S/C11H16ClNO2S/c1-7(6-10(14)15-2)5-9(13)11-8(12)3-4-16-11/h3-4,7,9H,5-6,13H2,1-2H3. The van der Waals surface area contributed by atoms with E-state index in [1.54, 1.807) is 11.3 Å². The van der Waals surface area contributed by atoms with Crippen LogP contribution in [0.1, 0.15) is 30.7 Å². The summed E-state index contributed by atoms with van der Waals surface area (Å²) in [6.07, 6.45) is 1.13. The third-order valence-electron chi connectivity index (χ3n) is 2.38. The highest BCUT2D eigenvalue weighted by Crippen LogP contribution is 2.31. The number of esters is 1. The summed E-state index contributed by atoms with van der Waals surface area (Å²) < 4.78 is 4.61. The molecule has 0 amide bonds. The second-order valence-electron chi connectivity index (χ2n) is 3.86. The topological polar surface area (TPSA) is 52.3 Å². The molecule has 1 rings (SSSR count). The number of hydrogen-bond acceptors (Lipinski definition) is 4. The van der Waals surface area contributed by atoms with Gasteiger partial charge >= 0.3 is 5.97 Å². The smallest absolute Gasteiger partial charge is 0.305 e. The molecule has 0 bridgehead atoms. The van der Waals surface area contributed by atoms with E-state index in [9.17, 15) is 4.79 Å². The number of carbonyl (C=O) groups is 1. The van der Waals surface area contributed by atoms with E-state index in [1.807, 2.05) is 18.4 Å². The molecule has 90 valence electrons. The van der Waals surface area contributed by atoms with Crippen LogP contribution in [0.15, 0.2) is 11.4 Å². The first-order chi connectivity index (χ1) is 7.54. The van der Waals surface area contributed by atoms with Gasteiger partial charge in [-0.2, -0.15) is 0 Å². The van der Waals surface area contributed by atoms with Gasteiger partial charge in [-0.05, 0) is 23.8 Å². The predicted octanol–water partition coefficient (Wildman–Crippen LogP) is 2.99. The summed E-state index contributed by atoms with van der Waals surface area (Å²) in [5, 5.41) is 2.63. The fourth-order valence-electron chi connectivity index (χ4n) is 1.56. The number of thiophene rings is 1. The molecule has 16 heavy (non-hydrogen) atoms. The second-order valence-corrected chi connectivity index (χ2v) is 5.22. The van der Waals surface area contributed by atoms with Gasteiger partial charge in [0.15, 0.2) is 0 Å². The Morgan fingerprint density at radius 2 is 2.38 bits per heavy atom. The number of halogens is 1. The van der Waals surface area contributed by atoms with Crippen molar-refractivity contribution in [2.75, 3.05) is 7.11 Å². The van der Waals surface area contributed by atoms with Crippen LogP contribution < -0.4 is 5.73 Å². The second kappa shape index (κ2) is 6.23. The number of ether oxygens (including phenoxy) is 1. The summed E-state index contributed by atoms with van der Waals surface area (Å²) in [5.41, 5.74) is 6.03. The molecule has 0 aromatic carbocycles. The molecule has 0 radical (unpaired) electrons. The van der Waals surface area contributed by atoms with E-state index in [1.165, 1.54) is 7.11 Å². The van der Waals surface area contributed by atoms with Crippen LogP contribution in [-0.4, -0.2) is 13.1 Å². The zero-order valence-corrected chi connectivity index (χ0v) is 11.0. The third kappa shape index (κ3) is 3.77. The summed E-state index contributed by atoms with van der Waals surface area (Å²) in [5.74, 6) is -0.00223. The maximum absolute atomic E-state index is 11.1. The highest BCUT2D eigenvalue weighted by atomic mass is 35.5. The van der Waals surface area contributed by atoms with E-state index in [2.05, 4.69) is 4.74 Å². The van der Waals surface area contributed by atoms with Gasteiger partial charge in [-0.25, -0.2) is 0 Å². The molecule has 2 atom stereocenters. The quantitative estimate of drug-likeness (QED) is 0.829. The van der Waals surface area contributed by atoms with Crippen molar-refractivity contribution in [2.45, 2.75) is 25.8 Å². The van der Waals surface area contributed by atoms with Crippen LogP contribution in [0.25, 0.3) is 0 Å². The van der Waals surface area contributed by atoms with Crippen LogP contribution in [-0.2, 0) is 9.53 Å². The van der Waals surface area contributed by atoms with Crippen LogP contribution in [0.2, 0.25) is 5.02 Å². The van der Waals surface area contributed by atoms with E-state index in [4.69, 9.17) is 17.3 Å². The Morgan fingerprint density at radius 3 is 2.88 bits per heavy atom. The average molecular weight is 262 g/mol. The normalized spacial score (nSPS) is 14.5. The van der Waals surface area contributed by atoms with E-state index >= 15 is 0 Å². The molecule has 2 N–H and O–H groups in total. The molecular weight excluding hydrogens is 246 g/mol. The minimum Gasteiger partial charge on any atom is -0.469 e. The molecule has 1 aromatic heterocycles. The molecule has 0 aliphatic heterocycles. The molecule has 5 heteroatoms. The van der Waals surface area contributed by atoms with Crippen molar-refractivity contribution in [1.82, 2.24) is 0 Å². The van der Waals surface area contributed by atoms with E-state index in [-0.39, 0.29) is 17.9 Å². The molecule has 0 aliphatic rings. The largest absolute Gasteiger partial charge is 0.469 e. The van der Waals surface area contributed by atoms with Gasteiger partial charge in [0.25, 0.3) is 0 Å². The minimum atomic E-state index is -0.197. The van der Waals surface area contributed by atoms with Crippen LogP contribution in [0.3, 0.4) is 0 Å². The molecule has 1 aromatic rings. The summed E-state index contributed by atoms with van der Waals surface area (Å²) in [7, 11) is 1.39. The van der Waals surface area contributed by atoms with Gasteiger partial charge in [0.1, 0.15) is 0 Å². The molecule has 0 saturated heterocycles. The average Bonchev–Trinajstić information content (AvgIpc) is 2.63. The Balaban J connectivity index is 2.48. The Labute approximate surface area is 105 Å². The van der Waals surface area contributed by atoms with Gasteiger partial charge in [-0.1, -0.05) is 18.5 Å². The number of nitrogens with two attached hydrogens (primary N) is 1. The Hall–Kier alpha value is -0.580. The lowest BCUT2D eigenvalue weighted by Gasteiger charge is -2.15. The first-order valence-corrected chi connectivity index (χ1v) is 6.35. The van der Waals surface area contributed by atoms with Crippen molar-refractivity contribution in [2.24, 2.45) is 11.7 Å². The van der Waals surface area contributed by atoms with Crippen LogP contribution in [0.4, 0.5) is 0 Å². The molecule has 1 heterocycles.